The minimum atomic E-state index is -1.02. The second-order valence-corrected chi connectivity index (χ2v) is 5.96. The lowest BCUT2D eigenvalue weighted by molar-refractivity contribution is -0.0293. The molecule has 2 aromatic rings. The summed E-state index contributed by atoms with van der Waals surface area (Å²) < 4.78 is 31.9. The van der Waals surface area contributed by atoms with Crippen LogP contribution in [0.15, 0.2) is 48.5 Å². The van der Waals surface area contributed by atoms with E-state index in [0.717, 1.165) is 30.8 Å². The number of nitrogens with one attached hydrogen (secondary N) is 1. The number of ether oxygens (including phenoxy) is 1. The van der Waals surface area contributed by atoms with Gasteiger partial charge in [0.05, 0.1) is 12.7 Å². The summed E-state index contributed by atoms with van der Waals surface area (Å²) in [6.45, 7) is 3.29. The number of carbonyl (C=O) groups excluding carboxylic acids is 1. The molecule has 1 unspecified atom stereocenters. The highest BCUT2D eigenvalue weighted by molar-refractivity contribution is 5.94. The zero-order valence-electron chi connectivity index (χ0n) is 13.8. The van der Waals surface area contributed by atoms with E-state index < -0.39 is 17.5 Å². The van der Waals surface area contributed by atoms with Crippen LogP contribution in [0.1, 0.15) is 22.0 Å². The average molecular weight is 346 g/mol. The normalized spacial score (nSPS) is 18.1. The molecule has 2 aromatic carbocycles. The van der Waals surface area contributed by atoms with Crippen LogP contribution < -0.4 is 5.32 Å². The molecule has 3 rings (SSSR count). The summed E-state index contributed by atoms with van der Waals surface area (Å²) in [6, 6.07) is 13.2. The molecule has 0 radical (unpaired) electrons. The van der Waals surface area contributed by atoms with Gasteiger partial charge in [-0.3, -0.25) is 9.69 Å². The Bertz CT molecular complexity index is 725. The zero-order chi connectivity index (χ0) is 17.6. The van der Waals surface area contributed by atoms with Crippen molar-refractivity contribution in [2.45, 2.75) is 6.10 Å². The number of amides is 1. The molecular weight excluding hydrogens is 326 g/mol. The third-order valence-corrected chi connectivity index (χ3v) is 4.22. The van der Waals surface area contributed by atoms with Gasteiger partial charge in [0.25, 0.3) is 5.91 Å². The molecule has 1 atom stereocenters. The fraction of sp³-hybridized carbons (Fsp3) is 0.316. The van der Waals surface area contributed by atoms with Crippen molar-refractivity contribution in [2.24, 2.45) is 0 Å². The molecule has 0 bridgehead atoms. The molecule has 0 aromatic heterocycles. The Kier molecular flexibility index (Phi) is 5.73. The maximum Gasteiger partial charge on any atom is 0.251 e. The molecule has 1 N–H and O–H groups in total. The molecule has 4 nitrogen and oxygen atoms in total. The van der Waals surface area contributed by atoms with Crippen molar-refractivity contribution in [3.63, 3.8) is 0 Å². The Morgan fingerprint density at radius 2 is 1.96 bits per heavy atom. The van der Waals surface area contributed by atoms with Crippen molar-refractivity contribution in [3.8, 4) is 0 Å². The highest BCUT2D eigenvalue weighted by Crippen LogP contribution is 2.21. The first-order valence-corrected chi connectivity index (χ1v) is 8.25. The van der Waals surface area contributed by atoms with Crippen LogP contribution in [0, 0.1) is 11.6 Å². The molecule has 1 aliphatic heterocycles. The molecule has 1 heterocycles. The van der Waals surface area contributed by atoms with Gasteiger partial charge >= 0.3 is 0 Å². The van der Waals surface area contributed by atoms with E-state index >= 15 is 0 Å². The number of morpholine rings is 1. The Morgan fingerprint density at radius 1 is 1.16 bits per heavy atom. The van der Waals surface area contributed by atoms with Gasteiger partial charge in [-0.1, -0.05) is 30.3 Å². The van der Waals surface area contributed by atoms with E-state index in [4.69, 9.17) is 4.74 Å². The molecule has 6 heteroatoms. The van der Waals surface area contributed by atoms with E-state index in [1.807, 2.05) is 30.3 Å². The van der Waals surface area contributed by atoms with Crippen molar-refractivity contribution in [1.29, 1.82) is 0 Å². The minimum absolute atomic E-state index is 0.0249. The lowest BCUT2D eigenvalue weighted by Crippen LogP contribution is -2.42. The summed E-state index contributed by atoms with van der Waals surface area (Å²) in [4.78, 5) is 14.2. The first-order chi connectivity index (χ1) is 12.1. The van der Waals surface area contributed by atoms with Crippen molar-refractivity contribution >= 4 is 5.91 Å². The predicted molar refractivity (Wildman–Crippen MR) is 90.3 cm³/mol. The van der Waals surface area contributed by atoms with Crippen molar-refractivity contribution in [2.75, 3.05) is 32.8 Å². The Hall–Kier alpha value is -2.31. The highest BCUT2D eigenvalue weighted by Gasteiger charge is 2.21. The van der Waals surface area contributed by atoms with E-state index in [-0.39, 0.29) is 11.7 Å². The molecule has 25 heavy (non-hydrogen) atoms. The predicted octanol–water partition coefficient (Wildman–Crippen LogP) is 2.77. The van der Waals surface area contributed by atoms with E-state index in [0.29, 0.717) is 19.7 Å². The second-order valence-electron chi connectivity index (χ2n) is 5.96. The Labute approximate surface area is 145 Å². The monoisotopic (exact) mass is 346 g/mol. The maximum atomic E-state index is 13.2. The van der Waals surface area contributed by atoms with Crippen LogP contribution in [-0.2, 0) is 4.74 Å². The van der Waals surface area contributed by atoms with Crippen LogP contribution in [0.25, 0.3) is 0 Å². The number of benzene rings is 2. The molecule has 1 fully saturated rings. The fourth-order valence-corrected chi connectivity index (χ4v) is 2.84. The van der Waals surface area contributed by atoms with Gasteiger partial charge in [-0.2, -0.15) is 0 Å². The average Bonchev–Trinajstić information content (AvgIpc) is 2.65. The van der Waals surface area contributed by atoms with Gasteiger partial charge in [0.1, 0.15) is 0 Å². The molecule has 0 spiro atoms. The van der Waals surface area contributed by atoms with Crippen LogP contribution >= 0.6 is 0 Å². The van der Waals surface area contributed by atoms with E-state index in [1.54, 1.807) is 0 Å². The number of nitrogens with zero attached hydrogens (tertiary/aromatic N) is 1. The smallest absolute Gasteiger partial charge is 0.251 e. The molecule has 1 aliphatic rings. The second kappa shape index (κ2) is 8.18. The molecule has 0 aliphatic carbocycles. The lowest BCUT2D eigenvalue weighted by Gasteiger charge is -2.33. The summed E-state index contributed by atoms with van der Waals surface area (Å²) >= 11 is 0. The molecule has 132 valence electrons. The molecule has 0 saturated carbocycles. The van der Waals surface area contributed by atoms with Gasteiger partial charge in [0.2, 0.25) is 0 Å². The first kappa shape index (κ1) is 17.5. The summed E-state index contributed by atoms with van der Waals surface area (Å²) in [5.74, 6) is -2.39. The highest BCUT2D eigenvalue weighted by atomic mass is 19.2. The molecular formula is C19H20F2N2O2. The zero-order valence-corrected chi connectivity index (χ0v) is 13.8. The van der Waals surface area contributed by atoms with Gasteiger partial charge in [-0.05, 0) is 23.8 Å². The Balaban J connectivity index is 1.48. The number of hydrogen-bond donors (Lipinski definition) is 1. The first-order valence-electron chi connectivity index (χ1n) is 8.25. The largest absolute Gasteiger partial charge is 0.371 e. The van der Waals surface area contributed by atoms with Crippen LogP contribution in [-0.4, -0.2) is 43.6 Å². The van der Waals surface area contributed by atoms with Crippen LogP contribution in [0.4, 0.5) is 8.78 Å². The third kappa shape index (κ3) is 4.61. The standard InChI is InChI=1S/C19H20F2N2O2/c20-16-7-6-15(12-17(16)21)19(24)22-8-9-23-10-11-25-18(13-23)14-4-2-1-3-5-14/h1-7,12,18H,8-11,13H2,(H,22,24). The summed E-state index contributed by atoms with van der Waals surface area (Å²) in [5.41, 5.74) is 1.25. The minimum Gasteiger partial charge on any atom is -0.371 e. The Morgan fingerprint density at radius 3 is 2.72 bits per heavy atom. The number of rotatable bonds is 5. The van der Waals surface area contributed by atoms with Crippen LogP contribution in [0.2, 0.25) is 0 Å². The quantitative estimate of drug-likeness (QED) is 0.905. The van der Waals surface area contributed by atoms with Gasteiger partial charge in [0, 0.05) is 31.7 Å². The SMILES string of the molecule is O=C(NCCN1CCOC(c2ccccc2)C1)c1ccc(F)c(F)c1. The molecule has 1 amide bonds. The van der Waals surface area contributed by atoms with Gasteiger partial charge in [0.15, 0.2) is 11.6 Å². The number of halogens is 2. The van der Waals surface area contributed by atoms with Gasteiger partial charge < -0.3 is 10.1 Å². The summed E-state index contributed by atoms with van der Waals surface area (Å²) in [6.07, 6.45) is 0.0249. The van der Waals surface area contributed by atoms with E-state index in [9.17, 15) is 13.6 Å². The topological polar surface area (TPSA) is 41.6 Å². The number of hydrogen-bond acceptors (Lipinski definition) is 3. The summed E-state index contributed by atoms with van der Waals surface area (Å²) in [7, 11) is 0. The van der Waals surface area contributed by atoms with Crippen LogP contribution in [0.5, 0.6) is 0 Å². The lowest BCUT2D eigenvalue weighted by atomic mass is 10.1. The maximum absolute atomic E-state index is 13.2. The van der Waals surface area contributed by atoms with E-state index in [1.165, 1.54) is 6.07 Å². The van der Waals surface area contributed by atoms with Crippen molar-refractivity contribution < 1.29 is 18.3 Å². The fourth-order valence-electron chi connectivity index (χ4n) is 2.84. The van der Waals surface area contributed by atoms with Crippen molar-refractivity contribution in [1.82, 2.24) is 10.2 Å². The van der Waals surface area contributed by atoms with Gasteiger partial charge in [-0.15, -0.1) is 0 Å². The van der Waals surface area contributed by atoms with Crippen molar-refractivity contribution in [3.05, 3.63) is 71.3 Å². The third-order valence-electron chi connectivity index (χ3n) is 4.22. The summed E-state index contributed by atoms with van der Waals surface area (Å²) in [5, 5.41) is 2.74. The number of carbonyl (C=O) groups is 1. The van der Waals surface area contributed by atoms with Gasteiger partial charge in [-0.25, -0.2) is 8.78 Å². The molecule has 1 saturated heterocycles. The van der Waals surface area contributed by atoms with E-state index in [2.05, 4.69) is 10.2 Å². The van der Waals surface area contributed by atoms with Crippen LogP contribution in [0.3, 0.4) is 0 Å².